The first kappa shape index (κ1) is 18.3. The van der Waals surface area contributed by atoms with Crippen molar-refractivity contribution in [2.24, 2.45) is 0 Å². The van der Waals surface area contributed by atoms with E-state index in [1.54, 1.807) is 6.07 Å². The number of benzene rings is 1. The van der Waals surface area contributed by atoms with Gasteiger partial charge in [-0.2, -0.15) is 5.10 Å². The van der Waals surface area contributed by atoms with E-state index in [1.165, 1.54) is 18.2 Å². The van der Waals surface area contributed by atoms with Gasteiger partial charge >= 0.3 is 5.97 Å². The van der Waals surface area contributed by atoms with Gasteiger partial charge in [-0.05, 0) is 23.6 Å². The lowest BCUT2D eigenvalue weighted by atomic mass is 10.1. The minimum absolute atomic E-state index is 0.154. The largest absolute Gasteiger partial charge is 0.480 e. The number of fused-ring (bicyclic) bond motifs is 1. The SMILES string of the molecule is CCc1cc2c(OCC(=O)OC)cc(CCl)nn2c1Cc1ccccc1. The van der Waals surface area contributed by atoms with Crippen LogP contribution in [0.4, 0.5) is 0 Å². The maximum Gasteiger partial charge on any atom is 0.343 e. The highest BCUT2D eigenvalue weighted by atomic mass is 35.5. The molecule has 3 aromatic rings. The second kappa shape index (κ2) is 8.23. The molecule has 0 saturated carbocycles. The van der Waals surface area contributed by atoms with Gasteiger partial charge in [-0.3, -0.25) is 0 Å². The molecule has 5 nitrogen and oxygen atoms in total. The third-order valence-corrected chi connectivity index (χ3v) is 4.52. The van der Waals surface area contributed by atoms with Crippen LogP contribution >= 0.6 is 11.6 Å². The third kappa shape index (κ3) is 3.83. The zero-order valence-corrected chi connectivity index (χ0v) is 15.6. The van der Waals surface area contributed by atoms with Crippen molar-refractivity contribution in [3.8, 4) is 5.75 Å². The molecule has 0 saturated heterocycles. The summed E-state index contributed by atoms with van der Waals surface area (Å²) in [5, 5.41) is 4.65. The van der Waals surface area contributed by atoms with Gasteiger partial charge in [-0.1, -0.05) is 37.3 Å². The van der Waals surface area contributed by atoms with Crippen molar-refractivity contribution in [3.05, 3.63) is 65.0 Å². The first-order valence-electron chi connectivity index (χ1n) is 8.49. The van der Waals surface area contributed by atoms with Crippen molar-refractivity contribution >= 4 is 23.1 Å². The van der Waals surface area contributed by atoms with Crippen molar-refractivity contribution in [3.63, 3.8) is 0 Å². The zero-order valence-electron chi connectivity index (χ0n) is 14.9. The lowest BCUT2D eigenvalue weighted by Crippen LogP contribution is -2.13. The van der Waals surface area contributed by atoms with Crippen molar-refractivity contribution in [1.29, 1.82) is 0 Å². The predicted molar refractivity (Wildman–Crippen MR) is 101 cm³/mol. The lowest BCUT2D eigenvalue weighted by Gasteiger charge is -2.10. The molecule has 6 heteroatoms. The molecular formula is C20H21ClN2O3. The number of rotatable bonds is 7. The second-order valence-corrected chi connectivity index (χ2v) is 6.19. The number of carbonyl (C=O) groups is 1. The summed E-state index contributed by atoms with van der Waals surface area (Å²) in [6.45, 7) is 1.96. The van der Waals surface area contributed by atoms with E-state index >= 15 is 0 Å². The molecule has 26 heavy (non-hydrogen) atoms. The van der Waals surface area contributed by atoms with E-state index in [4.69, 9.17) is 16.3 Å². The normalized spacial score (nSPS) is 10.9. The molecule has 0 bridgehead atoms. The molecule has 1 aromatic carbocycles. The molecule has 3 rings (SSSR count). The van der Waals surface area contributed by atoms with Crippen LogP contribution in [-0.4, -0.2) is 29.3 Å². The van der Waals surface area contributed by atoms with E-state index in [0.717, 1.165) is 24.1 Å². The quantitative estimate of drug-likeness (QED) is 0.468. The summed E-state index contributed by atoms with van der Waals surface area (Å²) < 4.78 is 12.2. The number of aromatic nitrogens is 2. The summed E-state index contributed by atoms with van der Waals surface area (Å²) in [4.78, 5) is 11.4. The molecule has 0 radical (unpaired) electrons. The molecular weight excluding hydrogens is 352 g/mol. The monoisotopic (exact) mass is 372 g/mol. The number of methoxy groups -OCH3 is 1. The van der Waals surface area contributed by atoms with Crippen molar-refractivity contribution in [2.45, 2.75) is 25.6 Å². The van der Waals surface area contributed by atoms with Crippen LogP contribution in [-0.2, 0) is 28.3 Å². The van der Waals surface area contributed by atoms with Crippen LogP contribution in [0.5, 0.6) is 5.75 Å². The molecule has 0 aliphatic rings. The molecule has 136 valence electrons. The van der Waals surface area contributed by atoms with Crippen molar-refractivity contribution in [1.82, 2.24) is 9.61 Å². The number of hydrogen-bond donors (Lipinski definition) is 0. The number of alkyl halides is 1. The van der Waals surface area contributed by atoms with Crippen LogP contribution in [0.25, 0.3) is 5.52 Å². The summed E-state index contributed by atoms with van der Waals surface area (Å²) in [6, 6.07) is 14.1. The topological polar surface area (TPSA) is 52.8 Å². The Bertz CT molecular complexity index is 906. The highest BCUT2D eigenvalue weighted by molar-refractivity contribution is 6.16. The van der Waals surface area contributed by atoms with E-state index in [2.05, 4.69) is 35.0 Å². The Morgan fingerprint density at radius 1 is 1.23 bits per heavy atom. The molecule has 2 heterocycles. The van der Waals surface area contributed by atoms with E-state index in [0.29, 0.717) is 11.4 Å². The Labute approximate surface area is 157 Å². The van der Waals surface area contributed by atoms with Crippen LogP contribution in [0.1, 0.15) is 29.4 Å². The predicted octanol–water partition coefficient (Wildman–Crippen LogP) is 3.78. The first-order valence-corrected chi connectivity index (χ1v) is 9.02. The van der Waals surface area contributed by atoms with Crippen LogP contribution in [0.2, 0.25) is 0 Å². The summed E-state index contributed by atoms with van der Waals surface area (Å²) in [6.07, 6.45) is 1.63. The minimum atomic E-state index is -0.431. The van der Waals surface area contributed by atoms with E-state index in [9.17, 15) is 4.79 Å². The minimum Gasteiger partial charge on any atom is -0.480 e. The number of hydrogen-bond acceptors (Lipinski definition) is 4. The van der Waals surface area contributed by atoms with Gasteiger partial charge in [0.05, 0.1) is 24.4 Å². The van der Waals surface area contributed by atoms with Crippen LogP contribution in [0, 0.1) is 0 Å². The Morgan fingerprint density at radius 2 is 2.00 bits per heavy atom. The standard InChI is InChI=1S/C20H21ClN2O3/c1-3-15-10-18-19(26-13-20(24)25-2)11-16(12-21)22-23(18)17(15)9-14-7-5-4-6-8-14/h4-8,10-11H,3,9,12-13H2,1-2H3. The number of halogens is 1. The number of aryl methyl sites for hydroxylation is 1. The molecule has 0 atom stereocenters. The average Bonchev–Trinajstić information content (AvgIpc) is 3.04. The van der Waals surface area contributed by atoms with E-state index in [1.807, 2.05) is 22.7 Å². The van der Waals surface area contributed by atoms with Gasteiger partial charge in [0, 0.05) is 12.5 Å². The number of esters is 1. The summed E-state index contributed by atoms with van der Waals surface area (Å²) >= 11 is 6.02. The maximum absolute atomic E-state index is 11.4. The van der Waals surface area contributed by atoms with Gasteiger partial charge in [0.15, 0.2) is 6.61 Å². The molecule has 0 N–H and O–H groups in total. The van der Waals surface area contributed by atoms with Crippen LogP contribution in [0.15, 0.2) is 42.5 Å². The van der Waals surface area contributed by atoms with E-state index in [-0.39, 0.29) is 12.5 Å². The Hall–Kier alpha value is -2.53. The molecule has 0 amide bonds. The van der Waals surface area contributed by atoms with E-state index < -0.39 is 5.97 Å². The maximum atomic E-state index is 11.4. The van der Waals surface area contributed by atoms with Gasteiger partial charge in [-0.25, -0.2) is 9.31 Å². The van der Waals surface area contributed by atoms with Crippen LogP contribution in [0.3, 0.4) is 0 Å². The summed E-state index contributed by atoms with van der Waals surface area (Å²) in [7, 11) is 1.34. The molecule has 0 spiro atoms. The van der Waals surface area contributed by atoms with Gasteiger partial charge in [0.1, 0.15) is 11.3 Å². The van der Waals surface area contributed by atoms with Crippen molar-refractivity contribution < 1.29 is 14.3 Å². The van der Waals surface area contributed by atoms with Gasteiger partial charge in [0.2, 0.25) is 0 Å². The summed E-state index contributed by atoms with van der Waals surface area (Å²) in [5.74, 6) is 0.406. The molecule has 0 aliphatic heterocycles. The lowest BCUT2D eigenvalue weighted by molar-refractivity contribution is -0.142. The highest BCUT2D eigenvalue weighted by Crippen LogP contribution is 2.28. The number of carbonyl (C=O) groups excluding carboxylic acids is 1. The van der Waals surface area contributed by atoms with Crippen molar-refractivity contribution in [2.75, 3.05) is 13.7 Å². The van der Waals surface area contributed by atoms with Gasteiger partial charge in [0.25, 0.3) is 0 Å². The first-order chi connectivity index (χ1) is 12.7. The Balaban J connectivity index is 2.07. The Morgan fingerprint density at radius 3 is 2.65 bits per heavy atom. The van der Waals surface area contributed by atoms with Gasteiger partial charge in [-0.15, -0.1) is 11.6 Å². The highest BCUT2D eigenvalue weighted by Gasteiger charge is 2.16. The average molecular weight is 373 g/mol. The molecule has 2 aromatic heterocycles. The Kier molecular flexibility index (Phi) is 5.78. The molecule has 0 aliphatic carbocycles. The zero-order chi connectivity index (χ0) is 18.5. The fourth-order valence-corrected chi connectivity index (χ4v) is 3.05. The fourth-order valence-electron chi connectivity index (χ4n) is 2.92. The van der Waals surface area contributed by atoms with Crippen LogP contribution < -0.4 is 4.74 Å². The third-order valence-electron chi connectivity index (χ3n) is 4.25. The second-order valence-electron chi connectivity index (χ2n) is 5.93. The molecule has 0 fully saturated rings. The summed E-state index contributed by atoms with van der Waals surface area (Å²) in [5.41, 5.74) is 5.01. The number of nitrogens with zero attached hydrogens (tertiary/aromatic N) is 2. The fraction of sp³-hybridized carbons (Fsp3) is 0.300. The molecule has 0 unspecified atom stereocenters. The smallest absolute Gasteiger partial charge is 0.343 e. The van der Waals surface area contributed by atoms with Gasteiger partial charge < -0.3 is 9.47 Å². The number of ether oxygens (including phenoxy) is 2.